The molecule has 1 saturated carbocycles. The molecule has 102 valence electrons. The summed E-state index contributed by atoms with van der Waals surface area (Å²) in [5.74, 6) is -0.580. The van der Waals surface area contributed by atoms with E-state index in [4.69, 9.17) is 5.73 Å². The van der Waals surface area contributed by atoms with Gasteiger partial charge in [-0.15, -0.1) is 0 Å². The monoisotopic (exact) mass is 264 g/mol. The minimum Gasteiger partial charge on any atom is -0.370 e. The quantitative estimate of drug-likeness (QED) is 0.414. The van der Waals surface area contributed by atoms with Gasteiger partial charge in [-0.3, -0.25) is 9.79 Å². The average Bonchev–Trinajstić information content (AvgIpc) is 3.19. The van der Waals surface area contributed by atoms with Crippen molar-refractivity contribution in [3.63, 3.8) is 0 Å². The maximum Gasteiger partial charge on any atom is 0.254 e. The highest BCUT2D eigenvalue weighted by molar-refractivity contribution is 5.94. The van der Waals surface area contributed by atoms with Gasteiger partial charge in [0.15, 0.2) is 5.96 Å². The van der Waals surface area contributed by atoms with Crippen LogP contribution in [0.15, 0.2) is 29.3 Å². The van der Waals surface area contributed by atoms with Crippen molar-refractivity contribution in [1.82, 2.24) is 10.6 Å². The Labute approximate surface area is 111 Å². The average molecular weight is 264 g/mol. The van der Waals surface area contributed by atoms with E-state index in [1.165, 1.54) is 12.1 Å². The Kier molecular flexibility index (Phi) is 4.33. The molecule has 0 aliphatic heterocycles. The zero-order valence-corrected chi connectivity index (χ0v) is 10.5. The van der Waals surface area contributed by atoms with Crippen LogP contribution in [0.1, 0.15) is 23.2 Å². The fourth-order valence-corrected chi connectivity index (χ4v) is 1.57. The number of aliphatic imine (C=N–C) groups is 1. The number of guanidine groups is 1. The molecule has 1 amide bonds. The minimum absolute atomic E-state index is 0.0376. The second-order valence-corrected chi connectivity index (χ2v) is 4.42. The SMILES string of the molecule is NC(=NCCNC(=O)c1ccccc1F)NC1CC1. The number of benzene rings is 1. The molecule has 4 N–H and O–H groups in total. The molecule has 0 aromatic heterocycles. The fraction of sp³-hybridized carbons (Fsp3) is 0.385. The summed E-state index contributed by atoms with van der Waals surface area (Å²) in [6.07, 6.45) is 2.25. The van der Waals surface area contributed by atoms with Gasteiger partial charge in [-0.2, -0.15) is 0 Å². The third kappa shape index (κ3) is 4.24. The lowest BCUT2D eigenvalue weighted by molar-refractivity contribution is 0.0951. The third-order valence-corrected chi connectivity index (χ3v) is 2.73. The number of carbonyl (C=O) groups excluding carboxylic acids is 1. The molecule has 0 bridgehead atoms. The number of rotatable bonds is 5. The van der Waals surface area contributed by atoms with Crippen LogP contribution in [-0.2, 0) is 0 Å². The molecule has 19 heavy (non-hydrogen) atoms. The summed E-state index contributed by atoms with van der Waals surface area (Å²) in [7, 11) is 0. The molecule has 6 heteroatoms. The van der Waals surface area contributed by atoms with Crippen molar-refractivity contribution in [1.29, 1.82) is 0 Å². The van der Waals surface area contributed by atoms with E-state index in [-0.39, 0.29) is 5.56 Å². The van der Waals surface area contributed by atoms with Crippen LogP contribution >= 0.6 is 0 Å². The molecule has 1 aromatic carbocycles. The number of nitrogens with one attached hydrogen (secondary N) is 2. The highest BCUT2D eigenvalue weighted by atomic mass is 19.1. The van der Waals surface area contributed by atoms with Gasteiger partial charge in [-0.05, 0) is 25.0 Å². The maximum absolute atomic E-state index is 13.3. The van der Waals surface area contributed by atoms with Crippen LogP contribution in [0, 0.1) is 5.82 Å². The van der Waals surface area contributed by atoms with E-state index >= 15 is 0 Å². The summed E-state index contributed by atoms with van der Waals surface area (Å²) in [4.78, 5) is 15.7. The molecule has 0 atom stereocenters. The zero-order valence-electron chi connectivity index (χ0n) is 10.5. The molecule has 5 nitrogen and oxygen atoms in total. The van der Waals surface area contributed by atoms with E-state index in [0.717, 1.165) is 12.8 Å². The second-order valence-electron chi connectivity index (χ2n) is 4.42. The van der Waals surface area contributed by atoms with E-state index < -0.39 is 11.7 Å². The first kappa shape index (κ1) is 13.3. The standard InChI is InChI=1S/C13H17FN4O/c14-11-4-2-1-3-10(11)12(19)16-7-8-17-13(15)18-9-5-6-9/h1-4,9H,5-8H2,(H,16,19)(H3,15,17,18). The molecule has 1 aliphatic rings. The fourth-order valence-electron chi connectivity index (χ4n) is 1.57. The number of carbonyl (C=O) groups is 1. The minimum atomic E-state index is -0.529. The Morgan fingerprint density at radius 3 is 2.84 bits per heavy atom. The first-order valence-corrected chi connectivity index (χ1v) is 6.26. The Bertz CT molecular complexity index is 485. The van der Waals surface area contributed by atoms with Gasteiger partial charge < -0.3 is 16.4 Å². The first-order chi connectivity index (χ1) is 9.16. The summed E-state index contributed by atoms with van der Waals surface area (Å²) in [6, 6.07) is 6.31. The van der Waals surface area contributed by atoms with Gasteiger partial charge in [0.25, 0.3) is 5.91 Å². The summed E-state index contributed by atoms with van der Waals surface area (Å²) >= 11 is 0. The van der Waals surface area contributed by atoms with Crippen molar-refractivity contribution >= 4 is 11.9 Å². The van der Waals surface area contributed by atoms with Crippen LogP contribution in [0.3, 0.4) is 0 Å². The van der Waals surface area contributed by atoms with Gasteiger partial charge in [-0.25, -0.2) is 4.39 Å². The predicted octanol–water partition coefficient (Wildman–Crippen LogP) is 0.622. The largest absolute Gasteiger partial charge is 0.370 e. The van der Waals surface area contributed by atoms with Crippen LogP contribution in [0.5, 0.6) is 0 Å². The van der Waals surface area contributed by atoms with E-state index in [0.29, 0.717) is 25.1 Å². The Hall–Kier alpha value is -2.11. The van der Waals surface area contributed by atoms with Gasteiger partial charge in [-0.1, -0.05) is 12.1 Å². The molecule has 0 radical (unpaired) electrons. The van der Waals surface area contributed by atoms with E-state index in [2.05, 4.69) is 15.6 Å². The molecule has 0 saturated heterocycles. The summed E-state index contributed by atoms with van der Waals surface area (Å²) in [5.41, 5.74) is 5.67. The molecule has 1 fully saturated rings. The van der Waals surface area contributed by atoms with E-state index in [9.17, 15) is 9.18 Å². The van der Waals surface area contributed by atoms with Crippen LogP contribution < -0.4 is 16.4 Å². The topological polar surface area (TPSA) is 79.5 Å². The van der Waals surface area contributed by atoms with Crippen molar-refractivity contribution in [2.45, 2.75) is 18.9 Å². The smallest absolute Gasteiger partial charge is 0.254 e. The van der Waals surface area contributed by atoms with Crippen molar-refractivity contribution < 1.29 is 9.18 Å². The second kappa shape index (κ2) is 6.17. The van der Waals surface area contributed by atoms with Gasteiger partial charge in [0.2, 0.25) is 0 Å². The maximum atomic E-state index is 13.3. The Morgan fingerprint density at radius 2 is 2.16 bits per heavy atom. The van der Waals surface area contributed by atoms with Gasteiger partial charge in [0, 0.05) is 12.6 Å². The van der Waals surface area contributed by atoms with Gasteiger partial charge in [0.05, 0.1) is 12.1 Å². The lowest BCUT2D eigenvalue weighted by atomic mass is 10.2. The van der Waals surface area contributed by atoms with Crippen LogP contribution in [-0.4, -0.2) is 31.0 Å². The van der Waals surface area contributed by atoms with Crippen molar-refractivity contribution in [2.75, 3.05) is 13.1 Å². The summed E-state index contributed by atoms with van der Waals surface area (Å²) in [6.45, 7) is 0.686. The van der Waals surface area contributed by atoms with Crippen LogP contribution in [0.4, 0.5) is 4.39 Å². The van der Waals surface area contributed by atoms with Crippen molar-refractivity contribution in [3.05, 3.63) is 35.6 Å². The van der Waals surface area contributed by atoms with Crippen LogP contribution in [0.25, 0.3) is 0 Å². The molecule has 0 spiro atoms. The molecular formula is C13H17FN4O. The third-order valence-electron chi connectivity index (χ3n) is 2.73. The molecule has 2 rings (SSSR count). The normalized spacial score (nSPS) is 15.1. The lowest BCUT2D eigenvalue weighted by Gasteiger charge is -2.05. The lowest BCUT2D eigenvalue weighted by Crippen LogP contribution is -2.34. The summed E-state index contributed by atoms with van der Waals surface area (Å²) in [5, 5.41) is 5.63. The van der Waals surface area contributed by atoms with E-state index in [1.54, 1.807) is 12.1 Å². The number of amides is 1. The highest BCUT2D eigenvalue weighted by Gasteiger charge is 2.21. The zero-order chi connectivity index (χ0) is 13.7. The van der Waals surface area contributed by atoms with Gasteiger partial charge in [0.1, 0.15) is 5.82 Å². The van der Waals surface area contributed by atoms with Crippen LogP contribution in [0.2, 0.25) is 0 Å². The predicted molar refractivity (Wildman–Crippen MR) is 71.4 cm³/mol. The molecular weight excluding hydrogens is 247 g/mol. The van der Waals surface area contributed by atoms with Gasteiger partial charge >= 0.3 is 0 Å². The first-order valence-electron chi connectivity index (χ1n) is 6.26. The number of hydrogen-bond donors (Lipinski definition) is 3. The molecule has 0 heterocycles. The molecule has 1 aliphatic carbocycles. The highest BCUT2D eigenvalue weighted by Crippen LogP contribution is 2.17. The Morgan fingerprint density at radius 1 is 1.42 bits per heavy atom. The number of halogens is 1. The number of nitrogens with two attached hydrogens (primary N) is 1. The van der Waals surface area contributed by atoms with Crippen molar-refractivity contribution in [3.8, 4) is 0 Å². The van der Waals surface area contributed by atoms with Crippen molar-refractivity contribution in [2.24, 2.45) is 10.7 Å². The molecule has 0 unspecified atom stereocenters. The summed E-state index contributed by atoms with van der Waals surface area (Å²) < 4.78 is 13.3. The Balaban J connectivity index is 1.73. The number of hydrogen-bond acceptors (Lipinski definition) is 2. The molecule has 1 aromatic rings. The van der Waals surface area contributed by atoms with E-state index in [1.807, 2.05) is 0 Å². The number of nitrogens with zero attached hydrogens (tertiary/aromatic N) is 1.